The van der Waals surface area contributed by atoms with Crippen molar-refractivity contribution in [1.29, 1.82) is 0 Å². The van der Waals surface area contributed by atoms with Crippen LogP contribution in [0.4, 0.5) is 0 Å². The van der Waals surface area contributed by atoms with Crippen molar-refractivity contribution < 1.29 is 0 Å². The van der Waals surface area contributed by atoms with Crippen LogP contribution in [0.3, 0.4) is 0 Å². The van der Waals surface area contributed by atoms with E-state index in [4.69, 9.17) is 10.8 Å². The molecule has 5 nitrogen and oxygen atoms in total. The summed E-state index contributed by atoms with van der Waals surface area (Å²) in [6.07, 6.45) is 0. The minimum atomic E-state index is 0.251. The van der Waals surface area contributed by atoms with E-state index in [1.165, 1.54) is 11.3 Å². The molecule has 2 N–H and O–H groups in total. The molecule has 1 aromatic heterocycles. The number of likely N-dealkylation sites (N-methyl/N-ethyl adjacent to an activating group) is 1. The molecule has 1 fully saturated rings. The Morgan fingerprint density at radius 3 is 2.33 bits per heavy atom. The highest BCUT2D eigenvalue weighted by Crippen LogP contribution is 2.28. The quantitative estimate of drug-likeness (QED) is 0.914. The Hall–Kier alpha value is -1.69. The lowest BCUT2D eigenvalue weighted by atomic mass is 10.0. The predicted octanol–water partition coefficient (Wildman–Crippen LogP) is 2.13. The zero-order valence-electron chi connectivity index (χ0n) is 15.1. The van der Waals surface area contributed by atoms with Gasteiger partial charge in [-0.2, -0.15) is 5.10 Å². The lowest BCUT2D eigenvalue weighted by molar-refractivity contribution is 0.101. The molecule has 0 bridgehead atoms. The maximum absolute atomic E-state index is 6.20. The second kappa shape index (κ2) is 7.47. The second-order valence-corrected chi connectivity index (χ2v) is 6.55. The van der Waals surface area contributed by atoms with E-state index in [2.05, 4.69) is 59.5 Å². The van der Waals surface area contributed by atoms with Crippen molar-refractivity contribution in [2.75, 3.05) is 39.3 Å². The Morgan fingerprint density at radius 1 is 1.08 bits per heavy atom. The maximum Gasteiger partial charge on any atom is 0.0649 e. The van der Waals surface area contributed by atoms with Crippen molar-refractivity contribution >= 4 is 0 Å². The molecule has 1 atom stereocenters. The van der Waals surface area contributed by atoms with Gasteiger partial charge in [-0.3, -0.25) is 4.90 Å². The van der Waals surface area contributed by atoms with Crippen LogP contribution >= 0.6 is 0 Å². The highest BCUT2D eigenvalue weighted by molar-refractivity contribution is 5.38. The first-order chi connectivity index (χ1) is 11.7. The first-order valence-electron chi connectivity index (χ1n) is 8.93. The van der Waals surface area contributed by atoms with Crippen LogP contribution < -0.4 is 5.73 Å². The molecule has 2 heterocycles. The topological polar surface area (TPSA) is 50.3 Å². The van der Waals surface area contributed by atoms with Gasteiger partial charge in [-0.1, -0.05) is 25.1 Å². The number of hydrogen-bond donors (Lipinski definition) is 1. The standard InChI is InChI=1S/C19H29N5/c1-4-22-10-12-23(13-11-22)18(14-20)19-15(2)21-24(16(19)3)17-8-6-5-7-9-17/h5-9,18H,4,10-14,20H2,1-3H3. The smallest absolute Gasteiger partial charge is 0.0649 e. The molecule has 1 aliphatic rings. The summed E-state index contributed by atoms with van der Waals surface area (Å²) in [5.41, 5.74) is 10.9. The minimum Gasteiger partial charge on any atom is -0.329 e. The van der Waals surface area contributed by atoms with Gasteiger partial charge in [-0.05, 0) is 32.5 Å². The van der Waals surface area contributed by atoms with E-state index in [-0.39, 0.29) is 6.04 Å². The summed E-state index contributed by atoms with van der Waals surface area (Å²) in [4.78, 5) is 5.02. The largest absolute Gasteiger partial charge is 0.329 e. The van der Waals surface area contributed by atoms with E-state index >= 15 is 0 Å². The number of aromatic nitrogens is 2. The van der Waals surface area contributed by atoms with Crippen molar-refractivity contribution in [2.24, 2.45) is 5.73 Å². The fourth-order valence-electron chi connectivity index (χ4n) is 3.80. The molecule has 0 radical (unpaired) electrons. The Balaban J connectivity index is 1.89. The van der Waals surface area contributed by atoms with Crippen LogP contribution in [0.25, 0.3) is 5.69 Å². The molecule has 1 saturated heterocycles. The predicted molar refractivity (Wildman–Crippen MR) is 98.5 cm³/mol. The number of aryl methyl sites for hydroxylation is 1. The number of nitrogens with zero attached hydrogens (tertiary/aromatic N) is 4. The van der Waals surface area contributed by atoms with Crippen LogP contribution in [0.2, 0.25) is 0 Å². The van der Waals surface area contributed by atoms with E-state index in [0.29, 0.717) is 6.54 Å². The Kier molecular flexibility index (Phi) is 5.33. The molecule has 1 aliphatic heterocycles. The molecule has 1 aromatic carbocycles. The van der Waals surface area contributed by atoms with Gasteiger partial charge in [-0.25, -0.2) is 4.68 Å². The van der Waals surface area contributed by atoms with Gasteiger partial charge in [0.25, 0.3) is 0 Å². The molecule has 5 heteroatoms. The molecule has 1 unspecified atom stereocenters. The van der Waals surface area contributed by atoms with Gasteiger partial charge < -0.3 is 10.6 Å². The summed E-state index contributed by atoms with van der Waals surface area (Å²) in [6.45, 7) is 12.7. The monoisotopic (exact) mass is 327 g/mol. The molecule has 2 aromatic rings. The van der Waals surface area contributed by atoms with Crippen molar-refractivity contribution in [3.05, 3.63) is 47.3 Å². The SMILES string of the molecule is CCN1CCN(C(CN)c2c(C)nn(-c3ccccc3)c2C)CC1. The molecule has 130 valence electrons. The fourth-order valence-corrected chi connectivity index (χ4v) is 3.80. The molecule has 0 amide bonds. The number of piperazine rings is 1. The first kappa shape index (κ1) is 17.1. The second-order valence-electron chi connectivity index (χ2n) is 6.55. The zero-order chi connectivity index (χ0) is 17.1. The van der Waals surface area contributed by atoms with Crippen LogP contribution in [0.5, 0.6) is 0 Å². The van der Waals surface area contributed by atoms with E-state index < -0.39 is 0 Å². The lowest BCUT2D eigenvalue weighted by Gasteiger charge is -2.38. The third kappa shape index (κ3) is 3.24. The van der Waals surface area contributed by atoms with Crippen molar-refractivity contribution in [3.63, 3.8) is 0 Å². The van der Waals surface area contributed by atoms with E-state index in [1.807, 2.05) is 6.07 Å². The number of rotatable bonds is 5. The van der Waals surface area contributed by atoms with Crippen LogP contribution in [0.1, 0.15) is 29.9 Å². The van der Waals surface area contributed by atoms with Crippen LogP contribution in [-0.2, 0) is 0 Å². The maximum atomic E-state index is 6.20. The van der Waals surface area contributed by atoms with Gasteiger partial charge >= 0.3 is 0 Å². The molecule has 0 spiro atoms. The summed E-state index contributed by atoms with van der Waals surface area (Å²) in [6, 6.07) is 10.6. The number of nitrogens with two attached hydrogens (primary N) is 1. The van der Waals surface area contributed by atoms with E-state index in [0.717, 1.165) is 44.1 Å². The van der Waals surface area contributed by atoms with Gasteiger partial charge in [0.05, 0.1) is 17.4 Å². The molecular formula is C19H29N5. The van der Waals surface area contributed by atoms with Gasteiger partial charge in [0.2, 0.25) is 0 Å². The number of para-hydroxylation sites is 1. The highest BCUT2D eigenvalue weighted by Gasteiger charge is 2.28. The number of hydrogen-bond acceptors (Lipinski definition) is 4. The summed E-state index contributed by atoms with van der Waals surface area (Å²) < 4.78 is 2.05. The van der Waals surface area contributed by atoms with Gasteiger partial charge in [0.1, 0.15) is 0 Å². The zero-order valence-corrected chi connectivity index (χ0v) is 15.1. The van der Waals surface area contributed by atoms with E-state index in [1.54, 1.807) is 0 Å². The average Bonchev–Trinajstić information content (AvgIpc) is 2.92. The van der Waals surface area contributed by atoms with Crippen molar-refractivity contribution in [3.8, 4) is 5.69 Å². The van der Waals surface area contributed by atoms with Gasteiger partial charge in [-0.15, -0.1) is 0 Å². The third-order valence-corrected chi connectivity index (χ3v) is 5.20. The number of benzene rings is 1. The first-order valence-corrected chi connectivity index (χ1v) is 8.93. The van der Waals surface area contributed by atoms with E-state index in [9.17, 15) is 0 Å². The van der Waals surface area contributed by atoms with Crippen LogP contribution in [-0.4, -0.2) is 58.8 Å². The van der Waals surface area contributed by atoms with Crippen LogP contribution in [0.15, 0.2) is 30.3 Å². The third-order valence-electron chi connectivity index (χ3n) is 5.20. The minimum absolute atomic E-state index is 0.251. The Morgan fingerprint density at radius 2 is 1.75 bits per heavy atom. The normalized spacial score (nSPS) is 18.0. The summed E-state index contributed by atoms with van der Waals surface area (Å²) in [5.74, 6) is 0. The summed E-state index contributed by atoms with van der Waals surface area (Å²) in [7, 11) is 0. The highest BCUT2D eigenvalue weighted by atomic mass is 15.3. The Labute approximate surface area is 145 Å². The van der Waals surface area contributed by atoms with Crippen molar-refractivity contribution in [2.45, 2.75) is 26.8 Å². The summed E-state index contributed by atoms with van der Waals surface area (Å²) in [5, 5.41) is 4.80. The average molecular weight is 327 g/mol. The molecule has 0 saturated carbocycles. The molecular weight excluding hydrogens is 298 g/mol. The lowest BCUT2D eigenvalue weighted by Crippen LogP contribution is -2.49. The Bertz CT molecular complexity index is 656. The van der Waals surface area contributed by atoms with Gasteiger partial charge in [0.15, 0.2) is 0 Å². The fraction of sp³-hybridized carbons (Fsp3) is 0.526. The molecule has 24 heavy (non-hydrogen) atoms. The van der Waals surface area contributed by atoms with Gasteiger partial charge in [0, 0.05) is 44.0 Å². The summed E-state index contributed by atoms with van der Waals surface area (Å²) >= 11 is 0. The molecule has 0 aliphatic carbocycles. The molecule has 3 rings (SSSR count). The van der Waals surface area contributed by atoms with Crippen molar-refractivity contribution in [1.82, 2.24) is 19.6 Å². The van der Waals surface area contributed by atoms with Crippen LogP contribution in [0, 0.1) is 13.8 Å².